The third-order valence-electron chi connectivity index (χ3n) is 3.21. The first kappa shape index (κ1) is 14.1. The van der Waals surface area contributed by atoms with Crippen LogP contribution in [0.3, 0.4) is 0 Å². The molecular formula is C13H17N5O2. The summed E-state index contributed by atoms with van der Waals surface area (Å²) in [5.41, 5.74) is 1.74. The lowest BCUT2D eigenvalue weighted by atomic mass is 10.0. The lowest BCUT2D eigenvalue weighted by Gasteiger charge is -2.14. The maximum absolute atomic E-state index is 10.9. The molecule has 2 N–H and O–H groups in total. The molecule has 0 bridgehead atoms. The number of nitrogens with one attached hydrogen (secondary N) is 2. The van der Waals surface area contributed by atoms with E-state index in [0.29, 0.717) is 5.56 Å². The van der Waals surface area contributed by atoms with E-state index >= 15 is 0 Å². The molecule has 7 nitrogen and oxygen atoms in total. The number of aromatic amines is 1. The van der Waals surface area contributed by atoms with Crippen molar-refractivity contribution in [2.75, 3.05) is 6.54 Å². The van der Waals surface area contributed by atoms with Crippen molar-refractivity contribution in [2.45, 2.75) is 26.3 Å². The van der Waals surface area contributed by atoms with E-state index in [1.165, 1.54) is 6.33 Å². The largest absolute Gasteiger partial charge is 0.310 e. The highest BCUT2D eigenvalue weighted by molar-refractivity contribution is 5.43. The van der Waals surface area contributed by atoms with Gasteiger partial charge in [-0.3, -0.25) is 15.2 Å². The van der Waals surface area contributed by atoms with Gasteiger partial charge in [-0.05, 0) is 19.4 Å². The Balaban J connectivity index is 1.96. The molecule has 0 amide bonds. The predicted molar refractivity (Wildman–Crippen MR) is 74.3 cm³/mol. The van der Waals surface area contributed by atoms with Crippen LogP contribution in [0.4, 0.5) is 5.69 Å². The second-order valence-electron chi connectivity index (χ2n) is 4.66. The van der Waals surface area contributed by atoms with Crippen LogP contribution in [0.1, 0.15) is 29.9 Å². The maximum Gasteiger partial charge on any atom is 0.272 e. The third kappa shape index (κ3) is 3.39. The van der Waals surface area contributed by atoms with Gasteiger partial charge in [0.2, 0.25) is 0 Å². The molecule has 0 aliphatic carbocycles. The minimum Gasteiger partial charge on any atom is -0.310 e. The van der Waals surface area contributed by atoms with Gasteiger partial charge in [0.15, 0.2) is 0 Å². The van der Waals surface area contributed by atoms with Gasteiger partial charge < -0.3 is 5.32 Å². The molecule has 20 heavy (non-hydrogen) atoms. The van der Waals surface area contributed by atoms with Crippen molar-refractivity contribution < 1.29 is 4.92 Å². The molecule has 2 aromatic rings. The van der Waals surface area contributed by atoms with Gasteiger partial charge in [0.05, 0.1) is 4.92 Å². The van der Waals surface area contributed by atoms with Crippen LogP contribution in [0.15, 0.2) is 24.5 Å². The van der Waals surface area contributed by atoms with Gasteiger partial charge in [-0.15, -0.1) is 0 Å². The highest BCUT2D eigenvalue weighted by atomic mass is 16.6. The average Bonchev–Trinajstić information content (AvgIpc) is 2.92. The van der Waals surface area contributed by atoms with E-state index in [-0.39, 0.29) is 16.7 Å². The van der Waals surface area contributed by atoms with E-state index in [1.807, 2.05) is 13.0 Å². The van der Waals surface area contributed by atoms with Crippen molar-refractivity contribution in [3.63, 3.8) is 0 Å². The van der Waals surface area contributed by atoms with Gasteiger partial charge >= 0.3 is 0 Å². The second kappa shape index (κ2) is 6.25. The lowest BCUT2D eigenvalue weighted by Crippen LogP contribution is -2.21. The summed E-state index contributed by atoms with van der Waals surface area (Å²) in [4.78, 5) is 14.6. The van der Waals surface area contributed by atoms with Gasteiger partial charge in [-0.25, -0.2) is 4.98 Å². The number of nitrogens with zero attached hydrogens (tertiary/aromatic N) is 3. The SMILES string of the molecule is Cc1ccc(C(C)NCCc2ncn[nH]2)cc1[N+](=O)[O-]. The zero-order valence-corrected chi connectivity index (χ0v) is 11.5. The summed E-state index contributed by atoms with van der Waals surface area (Å²) in [5.74, 6) is 0.819. The number of aryl methyl sites for hydroxylation is 1. The minimum absolute atomic E-state index is 0.0391. The topological polar surface area (TPSA) is 96.7 Å². The number of nitro benzene ring substituents is 1. The van der Waals surface area contributed by atoms with Gasteiger partial charge in [0.1, 0.15) is 12.2 Å². The van der Waals surface area contributed by atoms with Crippen LogP contribution in [0, 0.1) is 17.0 Å². The first-order valence-electron chi connectivity index (χ1n) is 6.40. The summed E-state index contributed by atoms with van der Waals surface area (Å²) in [5, 5.41) is 20.8. The number of H-pyrrole nitrogens is 1. The van der Waals surface area contributed by atoms with Crippen LogP contribution in [-0.4, -0.2) is 26.6 Å². The van der Waals surface area contributed by atoms with Gasteiger partial charge in [-0.1, -0.05) is 12.1 Å². The molecule has 0 saturated carbocycles. The molecule has 2 rings (SSSR count). The second-order valence-corrected chi connectivity index (χ2v) is 4.66. The van der Waals surface area contributed by atoms with Crippen molar-refractivity contribution in [2.24, 2.45) is 0 Å². The smallest absolute Gasteiger partial charge is 0.272 e. The summed E-state index contributed by atoms with van der Waals surface area (Å²) in [6.45, 7) is 4.44. The Labute approximate surface area is 116 Å². The van der Waals surface area contributed by atoms with Crippen LogP contribution in [0.25, 0.3) is 0 Å². The van der Waals surface area contributed by atoms with Gasteiger partial charge in [0.25, 0.3) is 5.69 Å². The highest BCUT2D eigenvalue weighted by Crippen LogP contribution is 2.23. The van der Waals surface area contributed by atoms with Crippen LogP contribution >= 0.6 is 0 Å². The van der Waals surface area contributed by atoms with E-state index in [9.17, 15) is 10.1 Å². The molecule has 1 atom stereocenters. The summed E-state index contributed by atoms with van der Waals surface area (Å²) in [7, 11) is 0. The Hall–Kier alpha value is -2.28. The third-order valence-corrected chi connectivity index (χ3v) is 3.21. The summed E-state index contributed by atoms with van der Waals surface area (Å²) < 4.78 is 0. The molecule has 106 valence electrons. The van der Waals surface area contributed by atoms with Crippen molar-refractivity contribution >= 4 is 5.69 Å². The molecule has 7 heteroatoms. The Kier molecular flexibility index (Phi) is 4.41. The Morgan fingerprint density at radius 3 is 2.95 bits per heavy atom. The molecule has 1 aromatic heterocycles. The molecular weight excluding hydrogens is 258 g/mol. The summed E-state index contributed by atoms with van der Waals surface area (Å²) in [6, 6.07) is 5.36. The number of rotatable bonds is 6. The fraction of sp³-hybridized carbons (Fsp3) is 0.385. The molecule has 1 heterocycles. The lowest BCUT2D eigenvalue weighted by molar-refractivity contribution is -0.385. The zero-order valence-electron chi connectivity index (χ0n) is 11.5. The van der Waals surface area contributed by atoms with E-state index in [1.54, 1.807) is 19.1 Å². The van der Waals surface area contributed by atoms with Gasteiger partial charge in [0, 0.05) is 30.6 Å². The maximum atomic E-state index is 10.9. The molecule has 1 aromatic carbocycles. The Bertz CT molecular complexity index is 582. The van der Waals surface area contributed by atoms with Crippen molar-refractivity contribution in [3.8, 4) is 0 Å². The normalized spacial score (nSPS) is 12.3. The number of hydrogen-bond acceptors (Lipinski definition) is 5. The monoisotopic (exact) mass is 275 g/mol. The number of nitro groups is 1. The molecule has 0 saturated heterocycles. The number of hydrogen-bond donors (Lipinski definition) is 2. The summed E-state index contributed by atoms with van der Waals surface area (Å²) in [6.07, 6.45) is 2.21. The van der Waals surface area contributed by atoms with Crippen LogP contribution in [0.2, 0.25) is 0 Å². The van der Waals surface area contributed by atoms with Crippen molar-refractivity contribution in [3.05, 3.63) is 51.6 Å². The zero-order chi connectivity index (χ0) is 14.5. The molecule has 0 aliphatic rings. The Morgan fingerprint density at radius 1 is 1.50 bits per heavy atom. The van der Waals surface area contributed by atoms with E-state index in [2.05, 4.69) is 20.5 Å². The number of benzene rings is 1. The molecule has 0 fully saturated rings. The van der Waals surface area contributed by atoms with Crippen LogP contribution in [-0.2, 0) is 6.42 Å². The fourth-order valence-electron chi connectivity index (χ4n) is 1.97. The van der Waals surface area contributed by atoms with Crippen LogP contribution < -0.4 is 5.32 Å². The first-order chi connectivity index (χ1) is 9.58. The van der Waals surface area contributed by atoms with E-state index in [4.69, 9.17) is 0 Å². The van der Waals surface area contributed by atoms with Gasteiger partial charge in [-0.2, -0.15) is 5.10 Å². The first-order valence-corrected chi connectivity index (χ1v) is 6.40. The van der Waals surface area contributed by atoms with E-state index in [0.717, 1.165) is 24.4 Å². The highest BCUT2D eigenvalue weighted by Gasteiger charge is 2.14. The Morgan fingerprint density at radius 2 is 2.30 bits per heavy atom. The average molecular weight is 275 g/mol. The quantitative estimate of drug-likeness (QED) is 0.620. The van der Waals surface area contributed by atoms with Crippen molar-refractivity contribution in [1.82, 2.24) is 20.5 Å². The number of aromatic nitrogens is 3. The standard InChI is InChI=1S/C13H17N5O2/c1-9-3-4-11(7-12(9)18(19)20)10(2)14-6-5-13-15-8-16-17-13/h3-4,7-8,10,14H,5-6H2,1-2H3,(H,15,16,17). The fourth-order valence-corrected chi connectivity index (χ4v) is 1.97. The van der Waals surface area contributed by atoms with Crippen molar-refractivity contribution in [1.29, 1.82) is 0 Å². The molecule has 0 spiro atoms. The predicted octanol–water partition coefficient (Wildman–Crippen LogP) is 1.91. The van der Waals surface area contributed by atoms with Crippen LogP contribution in [0.5, 0.6) is 0 Å². The minimum atomic E-state index is -0.347. The summed E-state index contributed by atoms with van der Waals surface area (Å²) >= 11 is 0. The van der Waals surface area contributed by atoms with E-state index < -0.39 is 0 Å². The molecule has 0 radical (unpaired) electrons. The molecule has 0 aliphatic heterocycles. The molecule has 1 unspecified atom stereocenters.